The molecule has 0 N–H and O–H groups in total. The molecule has 1 heterocycles. The summed E-state index contributed by atoms with van der Waals surface area (Å²) in [5.74, 6) is -0.425. The summed E-state index contributed by atoms with van der Waals surface area (Å²) >= 11 is 0. The summed E-state index contributed by atoms with van der Waals surface area (Å²) < 4.78 is 4.42. The molecule has 4 nitrogen and oxygen atoms in total. The monoisotopic (exact) mass is 213 g/mol. The first-order chi connectivity index (χ1) is 7.24. The zero-order valence-corrected chi connectivity index (χ0v) is 9.33. The van der Waals surface area contributed by atoms with Crippen molar-refractivity contribution in [3.8, 4) is 0 Å². The third-order valence-corrected chi connectivity index (χ3v) is 2.56. The van der Waals surface area contributed by atoms with Crippen molar-refractivity contribution >= 4 is 12.1 Å². The zero-order chi connectivity index (χ0) is 11.1. The Morgan fingerprint density at radius 1 is 1.13 bits per heavy atom. The summed E-state index contributed by atoms with van der Waals surface area (Å²) in [6.07, 6.45) is 6.61. The van der Waals surface area contributed by atoms with E-state index in [1.165, 1.54) is 30.6 Å². The molecular formula is C11H19NO3. The van der Waals surface area contributed by atoms with E-state index in [2.05, 4.69) is 11.7 Å². The number of nitrogens with zero attached hydrogens (tertiary/aromatic N) is 1. The lowest BCUT2D eigenvalue weighted by Gasteiger charge is -2.10. The smallest absolute Gasteiger partial charge is 0.375 e. The molecule has 1 aliphatic rings. The molecule has 1 aliphatic heterocycles. The summed E-state index contributed by atoms with van der Waals surface area (Å²) in [5.41, 5.74) is 0. The van der Waals surface area contributed by atoms with Gasteiger partial charge in [0.15, 0.2) is 0 Å². The Hall–Kier alpha value is -1.06. The number of hydrogen-bond acceptors (Lipinski definition) is 3. The lowest BCUT2D eigenvalue weighted by Crippen LogP contribution is -2.25. The highest BCUT2D eigenvalue weighted by Crippen LogP contribution is 2.09. The minimum atomic E-state index is -0.478. The largest absolute Gasteiger partial charge is 0.418 e. The first-order valence-electron chi connectivity index (χ1n) is 5.73. The highest BCUT2D eigenvalue weighted by Gasteiger charge is 2.28. The van der Waals surface area contributed by atoms with Crippen molar-refractivity contribution in [2.24, 2.45) is 0 Å². The van der Waals surface area contributed by atoms with Crippen LogP contribution >= 0.6 is 0 Å². The van der Waals surface area contributed by atoms with Crippen LogP contribution in [0.3, 0.4) is 0 Å². The Balaban J connectivity index is 2.00. The van der Waals surface area contributed by atoms with Gasteiger partial charge < -0.3 is 4.74 Å². The number of carbonyl (C=O) groups excluding carboxylic acids is 2. The van der Waals surface area contributed by atoms with Gasteiger partial charge in [0.2, 0.25) is 0 Å². The van der Waals surface area contributed by atoms with Gasteiger partial charge in [-0.05, 0) is 6.42 Å². The molecule has 4 heteroatoms. The maximum absolute atomic E-state index is 11.0. The van der Waals surface area contributed by atoms with Crippen molar-refractivity contribution in [3.63, 3.8) is 0 Å². The lowest BCUT2D eigenvalue weighted by molar-refractivity contribution is -0.132. The van der Waals surface area contributed by atoms with Crippen LogP contribution in [0.5, 0.6) is 0 Å². The fourth-order valence-corrected chi connectivity index (χ4v) is 1.67. The molecule has 1 fully saturated rings. The van der Waals surface area contributed by atoms with Crippen LogP contribution < -0.4 is 0 Å². The average molecular weight is 213 g/mol. The minimum Gasteiger partial charge on any atom is -0.375 e. The van der Waals surface area contributed by atoms with Gasteiger partial charge in [-0.2, -0.15) is 0 Å². The van der Waals surface area contributed by atoms with Gasteiger partial charge in [0.1, 0.15) is 6.54 Å². The SMILES string of the molecule is CCCCCCCCN1CC(=O)OC1=O. The number of amides is 1. The molecule has 0 aromatic carbocycles. The lowest BCUT2D eigenvalue weighted by atomic mass is 10.1. The molecule has 15 heavy (non-hydrogen) atoms. The van der Waals surface area contributed by atoms with E-state index in [1.54, 1.807) is 0 Å². The molecule has 1 rings (SSSR count). The summed E-state index contributed by atoms with van der Waals surface area (Å²) in [6, 6.07) is 0. The van der Waals surface area contributed by atoms with Crippen molar-refractivity contribution in [1.29, 1.82) is 0 Å². The maximum atomic E-state index is 11.0. The summed E-state index contributed by atoms with van der Waals surface area (Å²) in [5, 5.41) is 0. The van der Waals surface area contributed by atoms with Crippen LogP contribution in [0.15, 0.2) is 0 Å². The number of esters is 1. The predicted molar refractivity (Wildman–Crippen MR) is 56.4 cm³/mol. The van der Waals surface area contributed by atoms with Gasteiger partial charge in [0.05, 0.1) is 0 Å². The quantitative estimate of drug-likeness (QED) is 0.370. The second kappa shape index (κ2) is 6.43. The van der Waals surface area contributed by atoms with Crippen molar-refractivity contribution in [2.45, 2.75) is 45.4 Å². The average Bonchev–Trinajstić information content (AvgIpc) is 2.51. The molecule has 0 unspecified atom stereocenters. The first-order valence-corrected chi connectivity index (χ1v) is 5.73. The maximum Gasteiger partial charge on any atom is 0.418 e. The molecule has 0 saturated carbocycles. The minimum absolute atomic E-state index is 0.133. The van der Waals surface area contributed by atoms with E-state index in [0.29, 0.717) is 6.54 Å². The van der Waals surface area contributed by atoms with Gasteiger partial charge in [-0.1, -0.05) is 39.0 Å². The first kappa shape index (κ1) is 12.0. The third-order valence-electron chi connectivity index (χ3n) is 2.56. The standard InChI is InChI=1S/C11H19NO3/c1-2-3-4-5-6-7-8-12-9-10(13)15-11(12)14/h2-9H2,1H3. The van der Waals surface area contributed by atoms with Gasteiger partial charge in [-0.3, -0.25) is 4.90 Å². The molecule has 0 aromatic rings. The Morgan fingerprint density at radius 3 is 2.40 bits per heavy atom. The normalized spacial score (nSPS) is 15.9. The van der Waals surface area contributed by atoms with E-state index in [-0.39, 0.29) is 6.54 Å². The Labute approximate surface area is 90.6 Å². The predicted octanol–water partition coefficient (Wildman–Crippen LogP) is 2.33. The highest BCUT2D eigenvalue weighted by atomic mass is 16.6. The van der Waals surface area contributed by atoms with Crippen LogP contribution in [-0.2, 0) is 9.53 Å². The van der Waals surface area contributed by atoms with Crippen molar-refractivity contribution in [3.05, 3.63) is 0 Å². The van der Waals surface area contributed by atoms with E-state index >= 15 is 0 Å². The van der Waals surface area contributed by atoms with E-state index < -0.39 is 12.1 Å². The molecule has 0 atom stereocenters. The molecule has 0 radical (unpaired) electrons. The van der Waals surface area contributed by atoms with Crippen molar-refractivity contribution in [2.75, 3.05) is 13.1 Å². The van der Waals surface area contributed by atoms with E-state index in [9.17, 15) is 9.59 Å². The van der Waals surface area contributed by atoms with Crippen molar-refractivity contribution in [1.82, 2.24) is 4.90 Å². The van der Waals surface area contributed by atoms with Crippen LogP contribution in [0, 0.1) is 0 Å². The van der Waals surface area contributed by atoms with Gasteiger partial charge in [-0.15, -0.1) is 0 Å². The van der Waals surface area contributed by atoms with Crippen LogP contribution in [0.2, 0.25) is 0 Å². The Morgan fingerprint density at radius 2 is 1.80 bits per heavy atom. The summed E-state index contributed by atoms with van der Waals surface area (Å²) in [6.45, 7) is 2.97. The molecule has 0 aromatic heterocycles. The fourth-order valence-electron chi connectivity index (χ4n) is 1.67. The molecule has 0 aliphatic carbocycles. The number of hydrogen-bond donors (Lipinski definition) is 0. The Kier molecular flexibility index (Phi) is 5.15. The highest BCUT2D eigenvalue weighted by molar-refractivity contribution is 5.92. The topological polar surface area (TPSA) is 46.6 Å². The summed E-state index contributed by atoms with van der Waals surface area (Å²) in [7, 11) is 0. The van der Waals surface area contributed by atoms with E-state index in [0.717, 1.165) is 12.8 Å². The molecule has 86 valence electrons. The number of carbonyl (C=O) groups is 2. The second-order valence-corrected chi connectivity index (χ2v) is 3.93. The van der Waals surface area contributed by atoms with Gasteiger partial charge in [-0.25, -0.2) is 9.59 Å². The third kappa shape index (κ3) is 4.32. The number of ether oxygens (including phenoxy) is 1. The number of unbranched alkanes of at least 4 members (excludes halogenated alkanes) is 5. The molecule has 1 amide bonds. The van der Waals surface area contributed by atoms with Crippen molar-refractivity contribution < 1.29 is 14.3 Å². The molecular weight excluding hydrogens is 194 g/mol. The number of rotatable bonds is 7. The van der Waals surface area contributed by atoms with Gasteiger partial charge in [0.25, 0.3) is 0 Å². The molecule has 0 spiro atoms. The van der Waals surface area contributed by atoms with Crippen LogP contribution in [-0.4, -0.2) is 30.1 Å². The fraction of sp³-hybridized carbons (Fsp3) is 0.818. The number of cyclic esters (lactones) is 2. The van der Waals surface area contributed by atoms with Crippen LogP contribution in [0.4, 0.5) is 4.79 Å². The van der Waals surface area contributed by atoms with Crippen LogP contribution in [0.25, 0.3) is 0 Å². The molecule has 1 saturated heterocycles. The van der Waals surface area contributed by atoms with Gasteiger partial charge in [0, 0.05) is 6.54 Å². The van der Waals surface area contributed by atoms with E-state index in [1.807, 2.05) is 0 Å². The Bertz CT molecular complexity index is 228. The molecule has 0 bridgehead atoms. The zero-order valence-electron chi connectivity index (χ0n) is 9.33. The van der Waals surface area contributed by atoms with Crippen LogP contribution in [0.1, 0.15) is 45.4 Å². The van der Waals surface area contributed by atoms with Gasteiger partial charge >= 0.3 is 12.1 Å². The van der Waals surface area contributed by atoms with E-state index in [4.69, 9.17) is 0 Å². The summed E-state index contributed by atoms with van der Waals surface area (Å²) in [4.78, 5) is 23.3. The second-order valence-electron chi connectivity index (χ2n) is 3.93.